The second-order valence-corrected chi connectivity index (χ2v) is 7.54. The average molecular weight is 391 g/mol. The molecular formula is C19H26N4OS2. The standard InChI is InChI=1S/C19H26N4OS2/c1-6-15-9-7-8-10-17(15)23(14(4)24)19-21-16(12-26-19)11-20-18(25)22(5)13(2)3/h7-10,12-13H,6,11H2,1-5H3,(H,20,25). The van der Waals surface area contributed by atoms with E-state index < -0.39 is 0 Å². The summed E-state index contributed by atoms with van der Waals surface area (Å²) < 4.78 is 0. The first-order chi connectivity index (χ1) is 12.3. The van der Waals surface area contributed by atoms with Crippen molar-refractivity contribution < 1.29 is 4.79 Å². The van der Waals surface area contributed by atoms with Crippen LogP contribution in [0.15, 0.2) is 29.6 Å². The van der Waals surface area contributed by atoms with Crippen LogP contribution in [0.5, 0.6) is 0 Å². The zero-order chi connectivity index (χ0) is 19.3. The van der Waals surface area contributed by atoms with Gasteiger partial charge in [-0.15, -0.1) is 11.3 Å². The molecule has 0 saturated carbocycles. The van der Waals surface area contributed by atoms with E-state index in [0.29, 0.717) is 22.8 Å². The third-order valence-corrected chi connectivity index (χ3v) is 5.48. The molecule has 0 saturated heterocycles. The van der Waals surface area contributed by atoms with Crippen LogP contribution in [-0.2, 0) is 17.8 Å². The van der Waals surface area contributed by atoms with E-state index in [1.165, 1.54) is 11.3 Å². The Morgan fingerprint density at radius 3 is 2.65 bits per heavy atom. The highest BCUT2D eigenvalue weighted by Gasteiger charge is 2.20. The van der Waals surface area contributed by atoms with Crippen LogP contribution in [-0.4, -0.2) is 34.0 Å². The van der Waals surface area contributed by atoms with Crippen LogP contribution in [0.4, 0.5) is 10.8 Å². The second-order valence-electron chi connectivity index (χ2n) is 6.32. The molecule has 0 aliphatic heterocycles. The number of thiocarbonyl (C=S) groups is 1. The van der Waals surface area contributed by atoms with Gasteiger partial charge in [-0.05, 0) is 44.1 Å². The number of nitrogens with zero attached hydrogens (tertiary/aromatic N) is 3. The number of nitrogens with one attached hydrogen (secondary N) is 1. The number of aryl methyl sites for hydroxylation is 1. The summed E-state index contributed by atoms with van der Waals surface area (Å²) >= 11 is 6.85. The van der Waals surface area contributed by atoms with E-state index in [2.05, 4.69) is 31.1 Å². The van der Waals surface area contributed by atoms with E-state index in [1.54, 1.807) is 11.8 Å². The minimum atomic E-state index is -0.0465. The summed E-state index contributed by atoms with van der Waals surface area (Å²) in [4.78, 5) is 20.6. The molecule has 26 heavy (non-hydrogen) atoms. The molecule has 0 unspecified atom stereocenters. The van der Waals surface area contributed by atoms with Gasteiger partial charge in [-0.2, -0.15) is 0 Å². The lowest BCUT2D eigenvalue weighted by molar-refractivity contribution is -0.115. The first-order valence-electron chi connectivity index (χ1n) is 8.68. The Hall–Kier alpha value is -1.99. The van der Waals surface area contributed by atoms with Gasteiger partial charge in [0.15, 0.2) is 10.2 Å². The van der Waals surface area contributed by atoms with Gasteiger partial charge in [0.05, 0.1) is 17.9 Å². The molecule has 0 atom stereocenters. The maximum atomic E-state index is 12.3. The number of carbonyl (C=O) groups is 1. The zero-order valence-corrected chi connectivity index (χ0v) is 17.6. The van der Waals surface area contributed by atoms with E-state index in [9.17, 15) is 4.79 Å². The number of amides is 1. The van der Waals surface area contributed by atoms with Gasteiger partial charge >= 0.3 is 0 Å². The third-order valence-electron chi connectivity index (χ3n) is 4.17. The van der Waals surface area contributed by atoms with Crippen LogP contribution >= 0.6 is 23.6 Å². The molecule has 1 aromatic carbocycles. The Bertz CT molecular complexity index is 772. The van der Waals surface area contributed by atoms with Gasteiger partial charge < -0.3 is 10.2 Å². The van der Waals surface area contributed by atoms with Crippen LogP contribution in [0.3, 0.4) is 0 Å². The summed E-state index contributed by atoms with van der Waals surface area (Å²) in [6.07, 6.45) is 0.857. The molecule has 1 N–H and O–H groups in total. The SMILES string of the molecule is CCc1ccccc1N(C(C)=O)c1nc(CNC(=S)N(C)C(C)C)cs1. The average Bonchev–Trinajstić information content (AvgIpc) is 3.07. The quantitative estimate of drug-likeness (QED) is 0.753. The fourth-order valence-electron chi connectivity index (χ4n) is 2.44. The molecule has 1 amide bonds. The molecule has 1 aromatic heterocycles. The number of benzene rings is 1. The topological polar surface area (TPSA) is 48.5 Å². The molecule has 0 radical (unpaired) electrons. The van der Waals surface area contributed by atoms with E-state index in [1.807, 2.05) is 41.6 Å². The van der Waals surface area contributed by atoms with Gasteiger partial charge in [0.25, 0.3) is 0 Å². The van der Waals surface area contributed by atoms with E-state index in [0.717, 1.165) is 23.4 Å². The third kappa shape index (κ3) is 4.80. The molecule has 140 valence electrons. The maximum absolute atomic E-state index is 12.3. The molecule has 1 heterocycles. The lowest BCUT2D eigenvalue weighted by Gasteiger charge is -2.24. The number of anilines is 2. The molecule has 0 aliphatic carbocycles. The zero-order valence-electron chi connectivity index (χ0n) is 15.9. The molecular weight excluding hydrogens is 364 g/mol. The predicted molar refractivity (Wildman–Crippen MR) is 113 cm³/mol. The Morgan fingerprint density at radius 1 is 1.35 bits per heavy atom. The van der Waals surface area contributed by atoms with Crippen molar-refractivity contribution in [2.24, 2.45) is 0 Å². The van der Waals surface area contributed by atoms with Gasteiger partial charge in [-0.1, -0.05) is 25.1 Å². The van der Waals surface area contributed by atoms with Crippen LogP contribution in [0.2, 0.25) is 0 Å². The summed E-state index contributed by atoms with van der Waals surface area (Å²) in [5.74, 6) is -0.0465. The predicted octanol–water partition coefficient (Wildman–Crippen LogP) is 4.10. The van der Waals surface area contributed by atoms with Gasteiger partial charge in [0, 0.05) is 25.4 Å². The number of aromatic nitrogens is 1. The van der Waals surface area contributed by atoms with Crippen molar-refractivity contribution in [3.63, 3.8) is 0 Å². The molecule has 0 bridgehead atoms. The highest BCUT2D eigenvalue weighted by Crippen LogP contribution is 2.31. The largest absolute Gasteiger partial charge is 0.357 e. The minimum absolute atomic E-state index is 0.0465. The fourth-order valence-corrected chi connectivity index (χ4v) is 3.60. The summed E-state index contributed by atoms with van der Waals surface area (Å²) in [7, 11) is 1.96. The van der Waals surface area contributed by atoms with Crippen molar-refractivity contribution in [1.29, 1.82) is 0 Å². The molecule has 2 aromatic rings. The number of thiazole rings is 1. The molecule has 7 heteroatoms. The lowest BCUT2D eigenvalue weighted by atomic mass is 10.1. The summed E-state index contributed by atoms with van der Waals surface area (Å²) in [6.45, 7) is 8.36. The summed E-state index contributed by atoms with van der Waals surface area (Å²) in [6, 6.07) is 8.28. The molecule has 0 aliphatic rings. The van der Waals surface area contributed by atoms with Gasteiger partial charge in [-0.25, -0.2) is 4.98 Å². The van der Waals surface area contributed by atoms with Crippen molar-refractivity contribution in [2.75, 3.05) is 11.9 Å². The summed E-state index contributed by atoms with van der Waals surface area (Å²) in [5.41, 5.74) is 2.88. The Kier molecular flexibility index (Phi) is 7.11. The van der Waals surface area contributed by atoms with Gasteiger partial charge in [-0.3, -0.25) is 9.69 Å². The summed E-state index contributed by atoms with van der Waals surface area (Å²) in [5, 5.41) is 6.55. The van der Waals surface area contributed by atoms with E-state index in [-0.39, 0.29) is 5.91 Å². The first-order valence-corrected chi connectivity index (χ1v) is 9.97. The van der Waals surface area contributed by atoms with E-state index in [4.69, 9.17) is 12.2 Å². The van der Waals surface area contributed by atoms with Crippen molar-refractivity contribution in [3.05, 3.63) is 40.9 Å². The molecule has 0 fully saturated rings. The van der Waals surface area contributed by atoms with Crippen molar-refractivity contribution in [2.45, 2.75) is 46.7 Å². The molecule has 0 spiro atoms. The van der Waals surface area contributed by atoms with Crippen LogP contribution in [0.25, 0.3) is 0 Å². The number of para-hydroxylation sites is 1. The second kappa shape index (κ2) is 9.09. The Balaban J connectivity index is 2.18. The van der Waals surface area contributed by atoms with Crippen molar-refractivity contribution in [3.8, 4) is 0 Å². The van der Waals surface area contributed by atoms with Crippen LogP contribution < -0.4 is 10.2 Å². The monoisotopic (exact) mass is 390 g/mol. The number of hydrogen-bond donors (Lipinski definition) is 1. The van der Waals surface area contributed by atoms with Crippen molar-refractivity contribution in [1.82, 2.24) is 15.2 Å². The highest BCUT2D eigenvalue weighted by atomic mass is 32.1. The smallest absolute Gasteiger partial charge is 0.230 e. The van der Waals surface area contributed by atoms with Crippen LogP contribution in [0, 0.1) is 0 Å². The Labute approximate surface area is 165 Å². The first kappa shape index (κ1) is 20.3. The van der Waals surface area contributed by atoms with Gasteiger partial charge in [0.2, 0.25) is 5.91 Å². The van der Waals surface area contributed by atoms with Gasteiger partial charge in [0.1, 0.15) is 0 Å². The molecule has 5 nitrogen and oxygen atoms in total. The number of hydrogen-bond acceptors (Lipinski definition) is 4. The van der Waals surface area contributed by atoms with Crippen LogP contribution in [0.1, 0.15) is 39.0 Å². The highest BCUT2D eigenvalue weighted by molar-refractivity contribution is 7.80. The van der Waals surface area contributed by atoms with E-state index >= 15 is 0 Å². The Morgan fingerprint density at radius 2 is 2.04 bits per heavy atom. The fraction of sp³-hybridized carbons (Fsp3) is 0.421. The number of carbonyl (C=O) groups excluding carboxylic acids is 1. The maximum Gasteiger partial charge on any atom is 0.230 e. The normalized spacial score (nSPS) is 10.7. The lowest BCUT2D eigenvalue weighted by Crippen LogP contribution is -2.40. The molecule has 2 rings (SSSR count). The number of rotatable bonds is 6. The minimum Gasteiger partial charge on any atom is -0.357 e. The van der Waals surface area contributed by atoms with Crippen molar-refractivity contribution >= 4 is 45.4 Å².